The number of carboxylic acid groups (broad SMARTS) is 1. The quantitative estimate of drug-likeness (QED) is 0.624. The predicted molar refractivity (Wildman–Crippen MR) is 71.2 cm³/mol. The lowest BCUT2D eigenvalue weighted by Crippen LogP contribution is -2.42. The summed E-state index contributed by atoms with van der Waals surface area (Å²) in [6, 6.07) is -0.365. The molecule has 0 aliphatic heterocycles. The summed E-state index contributed by atoms with van der Waals surface area (Å²) in [4.78, 5) is 22.0. The van der Waals surface area contributed by atoms with E-state index in [4.69, 9.17) is 5.11 Å². The van der Waals surface area contributed by atoms with Gasteiger partial charge in [-0.3, -0.25) is 9.59 Å². The zero-order chi connectivity index (χ0) is 15.1. The number of carbonyl (C=O) groups is 2. The second-order valence-corrected chi connectivity index (χ2v) is 6.21. The highest BCUT2D eigenvalue weighted by Crippen LogP contribution is 2.02. The number of nitrogens with zero attached hydrogens (tertiary/aromatic N) is 1. The Kier molecular flexibility index (Phi) is 7.62. The average molecular weight is 294 g/mol. The first-order valence-corrected chi connectivity index (χ1v) is 7.82. The fourth-order valence-corrected chi connectivity index (χ4v) is 2.99. The molecule has 1 atom stereocenters. The maximum atomic E-state index is 11.8. The van der Waals surface area contributed by atoms with E-state index in [1.54, 1.807) is 20.8 Å². The minimum atomic E-state index is -3.59. The molecule has 0 heterocycles. The maximum Gasteiger partial charge on any atom is 0.303 e. The summed E-state index contributed by atoms with van der Waals surface area (Å²) in [6.07, 6.45) is 0.205. The van der Waals surface area contributed by atoms with Gasteiger partial charge < -0.3 is 10.4 Å². The minimum absolute atomic E-state index is 0.0652. The monoisotopic (exact) mass is 294 g/mol. The second-order valence-electron chi connectivity index (χ2n) is 4.24. The maximum absolute atomic E-state index is 11.8. The van der Waals surface area contributed by atoms with E-state index in [-0.39, 0.29) is 18.9 Å². The van der Waals surface area contributed by atoms with Crippen LogP contribution < -0.4 is 5.32 Å². The zero-order valence-electron chi connectivity index (χ0n) is 11.5. The number of hydrogen-bond acceptors (Lipinski definition) is 4. The van der Waals surface area contributed by atoms with Crippen molar-refractivity contribution in [1.82, 2.24) is 9.62 Å². The molecule has 0 spiro atoms. The van der Waals surface area contributed by atoms with E-state index in [2.05, 4.69) is 5.32 Å². The number of hydrogen-bond donors (Lipinski definition) is 2. The third kappa shape index (κ3) is 7.12. The highest BCUT2D eigenvalue weighted by molar-refractivity contribution is 7.89. The van der Waals surface area contributed by atoms with Crippen molar-refractivity contribution in [1.29, 1.82) is 0 Å². The SMILES string of the molecule is CCN(CC)S(=O)(=O)CC(=O)NC(C)CCC(=O)O. The average Bonchev–Trinajstić information content (AvgIpc) is 2.26. The Hall–Kier alpha value is -1.15. The van der Waals surface area contributed by atoms with Crippen LogP contribution in [0.5, 0.6) is 0 Å². The van der Waals surface area contributed by atoms with E-state index in [1.807, 2.05) is 0 Å². The van der Waals surface area contributed by atoms with Gasteiger partial charge in [0.1, 0.15) is 5.75 Å². The van der Waals surface area contributed by atoms with Crippen molar-refractivity contribution < 1.29 is 23.1 Å². The summed E-state index contributed by atoms with van der Waals surface area (Å²) in [5.41, 5.74) is 0. The standard InChI is InChI=1S/C11H22N2O5S/c1-4-13(5-2)19(17,18)8-10(14)12-9(3)6-7-11(15)16/h9H,4-8H2,1-3H3,(H,12,14)(H,15,16). The zero-order valence-corrected chi connectivity index (χ0v) is 12.4. The van der Waals surface area contributed by atoms with E-state index < -0.39 is 27.7 Å². The van der Waals surface area contributed by atoms with Crippen LogP contribution in [0.25, 0.3) is 0 Å². The molecule has 19 heavy (non-hydrogen) atoms. The van der Waals surface area contributed by atoms with Gasteiger partial charge in [-0.15, -0.1) is 0 Å². The topological polar surface area (TPSA) is 104 Å². The minimum Gasteiger partial charge on any atom is -0.481 e. The summed E-state index contributed by atoms with van der Waals surface area (Å²) >= 11 is 0. The molecule has 0 saturated carbocycles. The van der Waals surface area contributed by atoms with E-state index in [9.17, 15) is 18.0 Å². The molecule has 0 saturated heterocycles. The van der Waals surface area contributed by atoms with Crippen molar-refractivity contribution in [3.05, 3.63) is 0 Å². The molecule has 112 valence electrons. The second kappa shape index (κ2) is 8.11. The molecule has 0 aromatic rings. The van der Waals surface area contributed by atoms with Gasteiger partial charge in [-0.25, -0.2) is 12.7 Å². The van der Waals surface area contributed by atoms with Crippen LogP contribution >= 0.6 is 0 Å². The molecule has 0 bridgehead atoms. The Balaban J connectivity index is 4.34. The van der Waals surface area contributed by atoms with Crippen molar-refractivity contribution in [3.63, 3.8) is 0 Å². The summed E-state index contributed by atoms with van der Waals surface area (Å²) in [6.45, 7) is 5.69. The lowest BCUT2D eigenvalue weighted by molar-refractivity contribution is -0.137. The Morgan fingerprint density at radius 2 is 1.79 bits per heavy atom. The summed E-state index contributed by atoms with van der Waals surface area (Å²) in [7, 11) is -3.59. The number of rotatable bonds is 9. The van der Waals surface area contributed by atoms with Crippen LogP contribution in [-0.4, -0.2) is 54.6 Å². The normalized spacial score (nSPS) is 13.3. The molecule has 8 heteroatoms. The van der Waals surface area contributed by atoms with E-state index in [0.29, 0.717) is 13.1 Å². The Morgan fingerprint density at radius 1 is 1.26 bits per heavy atom. The fourth-order valence-electron chi connectivity index (χ4n) is 1.60. The lowest BCUT2D eigenvalue weighted by Gasteiger charge is -2.19. The molecular weight excluding hydrogens is 272 g/mol. The molecule has 2 N–H and O–H groups in total. The van der Waals surface area contributed by atoms with Crippen molar-refractivity contribution >= 4 is 21.9 Å². The molecule has 0 aliphatic carbocycles. The molecule has 0 aromatic heterocycles. The molecule has 0 aliphatic rings. The number of sulfonamides is 1. The first-order chi connectivity index (χ1) is 8.72. The third-order valence-corrected chi connectivity index (χ3v) is 4.54. The van der Waals surface area contributed by atoms with Crippen LogP contribution in [-0.2, 0) is 19.6 Å². The summed E-state index contributed by atoms with van der Waals surface area (Å²) in [5, 5.41) is 11.0. The van der Waals surface area contributed by atoms with Gasteiger partial charge in [0.05, 0.1) is 0 Å². The first kappa shape index (κ1) is 17.8. The molecule has 1 unspecified atom stereocenters. The molecule has 7 nitrogen and oxygen atoms in total. The molecule has 0 fully saturated rings. The number of carboxylic acids is 1. The first-order valence-electron chi connectivity index (χ1n) is 6.21. The predicted octanol–water partition coefficient (Wildman–Crippen LogP) is 0.0275. The van der Waals surface area contributed by atoms with Crippen LogP contribution in [0, 0.1) is 0 Å². The van der Waals surface area contributed by atoms with E-state index in [1.165, 1.54) is 4.31 Å². The Labute approximate surface area is 114 Å². The Morgan fingerprint density at radius 3 is 2.21 bits per heavy atom. The number of aliphatic carboxylic acids is 1. The van der Waals surface area contributed by atoms with Crippen LogP contribution in [0.4, 0.5) is 0 Å². The summed E-state index contributed by atoms with van der Waals surface area (Å²) < 4.78 is 24.9. The van der Waals surface area contributed by atoms with Gasteiger partial charge in [0.25, 0.3) is 0 Å². The van der Waals surface area contributed by atoms with Crippen LogP contribution in [0.3, 0.4) is 0 Å². The van der Waals surface area contributed by atoms with E-state index >= 15 is 0 Å². The van der Waals surface area contributed by atoms with Crippen molar-refractivity contribution in [2.75, 3.05) is 18.8 Å². The smallest absolute Gasteiger partial charge is 0.303 e. The number of carbonyl (C=O) groups excluding carboxylic acids is 1. The largest absolute Gasteiger partial charge is 0.481 e. The van der Waals surface area contributed by atoms with Crippen molar-refractivity contribution in [3.8, 4) is 0 Å². The Bertz CT molecular complexity index is 403. The van der Waals surface area contributed by atoms with Crippen molar-refractivity contribution in [2.24, 2.45) is 0 Å². The van der Waals surface area contributed by atoms with Crippen LogP contribution in [0.1, 0.15) is 33.6 Å². The molecule has 0 radical (unpaired) electrons. The molecule has 1 amide bonds. The van der Waals surface area contributed by atoms with Gasteiger partial charge in [0.2, 0.25) is 15.9 Å². The molecular formula is C11H22N2O5S. The number of amides is 1. The van der Waals surface area contributed by atoms with E-state index in [0.717, 1.165) is 0 Å². The lowest BCUT2D eigenvalue weighted by atomic mass is 10.2. The highest BCUT2D eigenvalue weighted by atomic mass is 32.2. The number of nitrogens with one attached hydrogen (secondary N) is 1. The van der Waals surface area contributed by atoms with Gasteiger partial charge >= 0.3 is 5.97 Å². The molecule has 0 aromatic carbocycles. The van der Waals surface area contributed by atoms with Crippen molar-refractivity contribution in [2.45, 2.75) is 39.7 Å². The van der Waals surface area contributed by atoms with Gasteiger partial charge in [0, 0.05) is 25.6 Å². The van der Waals surface area contributed by atoms with Gasteiger partial charge in [0.15, 0.2) is 0 Å². The third-order valence-electron chi connectivity index (χ3n) is 2.61. The van der Waals surface area contributed by atoms with Crippen LogP contribution in [0.15, 0.2) is 0 Å². The van der Waals surface area contributed by atoms with Crippen LogP contribution in [0.2, 0.25) is 0 Å². The highest BCUT2D eigenvalue weighted by Gasteiger charge is 2.23. The summed E-state index contributed by atoms with van der Waals surface area (Å²) in [5.74, 6) is -2.16. The van der Waals surface area contributed by atoms with Gasteiger partial charge in [-0.1, -0.05) is 13.8 Å². The fraction of sp³-hybridized carbons (Fsp3) is 0.818. The van der Waals surface area contributed by atoms with Gasteiger partial charge in [-0.05, 0) is 13.3 Å². The molecule has 0 rings (SSSR count). The van der Waals surface area contributed by atoms with Gasteiger partial charge in [-0.2, -0.15) is 0 Å².